The van der Waals surface area contributed by atoms with Gasteiger partial charge in [-0.3, -0.25) is 4.99 Å². The van der Waals surface area contributed by atoms with Gasteiger partial charge in [0.25, 0.3) is 0 Å². The number of hydrogen-bond acceptors (Lipinski definition) is 5. The molecule has 3 aromatic carbocycles. The molecule has 0 aliphatic carbocycles. The molecule has 0 aliphatic heterocycles. The van der Waals surface area contributed by atoms with Gasteiger partial charge in [-0.15, -0.1) is 0 Å². The highest BCUT2D eigenvalue weighted by molar-refractivity contribution is 5.83. The molecular formula is C24H21N3O2. The zero-order chi connectivity index (χ0) is 20.5. The van der Waals surface area contributed by atoms with Crippen LogP contribution in [0.25, 0.3) is 6.08 Å². The molecule has 0 aliphatic rings. The van der Waals surface area contributed by atoms with Gasteiger partial charge in [0.05, 0.1) is 30.1 Å². The number of hydrogen-bond donors (Lipinski definition) is 1. The molecule has 5 heteroatoms. The molecule has 0 aromatic heterocycles. The van der Waals surface area contributed by atoms with Gasteiger partial charge in [0.2, 0.25) is 0 Å². The number of nitriles is 1. The summed E-state index contributed by atoms with van der Waals surface area (Å²) in [4.78, 5) is 4.36. The van der Waals surface area contributed by atoms with Crippen LogP contribution in [0.15, 0.2) is 77.8 Å². The number of nitrogens with two attached hydrogens (primary N) is 1. The first-order chi connectivity index (χ1) is 14.2. The Labute approximate surface area is 170 Å². The van der Waals surface area contributed by atoms with Crippen molar-refractivity contribution >= 4 is 23.7 Å². The van der Waals surface area contributed by atoms with E-state index in [0.717, 1.165) is 11.1 Å². The van der Waals surface area contributed by atoms with E-state index in [2.05, 4.69) is 11.1 Å². The van der Waals surface area contributed by atoms with Crippen LogP contribution in [0, 0.1) is 11.3 Å². The molecule has 0 spiro atoms. The average Bonchev–Trinajstić information content (AvgIpc) is 2.76. The summed E-state index contributed by atoms with van der Waals surface area (Å²) >= 11 is 0. The minimum absolute atomic E-state index is 0.263. The van der Waals surface area contributed by atoms with E-state index in [1.165, 1.54) is 0 Å². The molecule has 0 saturated heterocycles. The first-order valence-electron chi connectivity index (χ1n) is 9.06. The van der Waals surface area contributed by atoms with E-state index >= 15 is 0 Å². The van der Waals surface area contributed by atoms with Gasteiger partial charge >= 0.3 is 0 Å². The topological polar surface area (TPSA) is 80.6 Å². The highest BCUT2D eigenvalue weighted by atomic mass is 16.5. The van der Waals surface area contributed by atoms with Crippen molar-refractivity contribution in [2.24, 2.45) is 4.99 Å². The molecule has 0 fully saturated rings. The van der Waals surface area contributed by atoms with Crippen molar-refractivity contribution in [1.29, 1.82) is 5.26 Å². The zero-order valence-corrected chi connectivity index (χ0v) is 16.1. The highest BCUT2D eigenvalue weighted by Crippen LogP contribution is 2.33. The molecule has 0 saturated carbocycles. The second-order valence-electron chi connectivity index (χ2n) is 6.13. The maximum atomic E-state index is 9.26. The third-order valence-corrected chi connectivity index (χ3v) is 4.25. The van der Waals surface area contributed by atoms with Crippen molar-refractivity contribution in [2.45, 2.75) is 6.61 Å². The predicted molar refractivity (Wildman–Crippen MR) is 117 cm³/mol. The third-order valence-electron chi connectivity index (χ3n) is 4.25. The summed E-state index contributed by atoms with van der Waals surface area (Å²) in [5.74, 6) is 1.22. The molecule has 144 valence electrons. The Hall–Kier alpha value is -4.04. The van der Waals surface area contributed by atoms with E-state index in [-0.39, 0.29) is 6.61 Å². The third kappa shape index (κ3) is 5.02. The van der Waals surface area contributed by atoms with Crippen molar-refractivity contribution in [2.75, 3.05) is 12.8 Å². The van der Waals surface area contributed by atoms with Gasteiger partial charge < -0.3 is 15.2 Å². The highest BCUT2D eigenvalue weighted by Gasteiger charge is 2.10. The van der Waals surface area contributed by atoms with Gasteiger partial charge in [-0.05, 0) is 36.4 Å². The number of rotatable bonds is 7. The molecular weight excluding hydrogens is 362 g/mol. The number of anilines is 1. The summed E-state index contributed by atoms with van der Waals surface area (Å²) in [6.07, 6.45) is 5.38. The van der Waals surface area contributed by atoms with Crippen molar-refractivity contribution < 1.29 is 9.47 Å². The smallest absolute Gasteiger partial charge is 0.168 e. The van der Waals surface area contributed by atoms with Crippen LogP contribution in [0.2, 0.25) is 0 Å². The number of methoxy groups -OCH3 is 1. The summed E-state index contributed by atoms with van der Waals surface area (Å²) in [5.41, 5.74) is 9.48. The summed E-state index contributed by atoms with van der Waals surface area (Å²) in [5, 5.41) is 9.26. The Morgan fingerprint density at radius 2 is 1.83 bits per heavy atom. The second kappa shape index (κ2) is 9.77. The lowest BCUT2D eigenvalue weighted by atomic mass is 10.1. The van der Waals surface area contributed by atoms with E-state index in [1.54, 1.807) is 19.4 Å². The number of ether oxygens (including phenoxy) is 2. The number of allylic oxidation sites excluding steroid dienone is 1. The van der Waals surface area contributed by atoms with Crippen LogP contribution in [0.4, 0.5) is 11.4 Å². The summed E-state index contributed by atoms with van der Waals surface area (Å²) in [7, 11) is 1.60. The molecule has 5 nitrogen and oxygen atoms in total. The van der Waals surface area contributed by atoms with E-state index < -0.39 is 0 Å². The second-order valence-corrected chi connectivity index (χ2v) is 6.13. The van der Waals surface area contributed by atoms with Crippen LogP contribution < -0.4 is 15.2 Å². The molecule has 29 heavy (non-hydrogen) atoms. The van der Waals surface area contributed by atoms with Crippen LogP contribution >= 0.6 is 0 Å². The first-order valence-corrected chi connectivity index (χ1v) is 9.06. The number of nitrogen functional groups attached to an aromatic ring is 1. The maximum absolute atomic E-state index is 9.26. The van der Waals surface area contributed by atoms with Gasteiger partial charge in [-0.2, -0.15) is 5.26 Å². The largest absolute Gasteiger partial charge is 0.493 e. The SMILES string of the molecule is COc1cccc(C=CC=Nc2ccccc2N)c1OCc1ccccc1C#N. The summed E-state index contributed by atoms with van der Waals surface area (Å²) in [6.45, 7) is 0.263. The molecule has 0 amide bonds. The maximum Gasteiger partial charge on any atom is 0.168 e. The quantitative estimate of drug-likeness (QED) is 0.452. The van der Waals surface area contributed by atoms with Gasteiger partial charge in [0.1, 0.15) is 6.61 Å². The molecule has 0 radical (unpaired) electrons. The Morgan fingerprint density at radius 3 is 2.62 bits per heavy atom. The van der Waals surface area contributed by atoms with E-state index in [4.69, 9.17) is 15.2 Å². The number of nitrogens with zero attached hydrogens (tertiary/aromatic N) is 2. The van der Waals surface area contributed by atoms with Crippen LogP contribution in [-0.4, -0.2) is 13.3 Å². The van der Waals surface area contributed by atoms with Crippen LogP contribution in [0.5, 0.6) is 11.5 Å². The zero-order valence-electron chi connectivity index (χ0n) is 16.1. The van der Waals surface area contributed by atoms with Crippen molar-refractivity contribution in [3.63, 3.8) is 0 Å². The standard InChI is InChI=1S/C24H21N3O2/c1-28-23-14-6-10-18(11-7-15-27-22-13-5-4-12-21(22)26)24(23)29-17-20-9-3-2-8-19(20)16-25/h2-15H,17,26H2,1H3. The van der Waals surface area contributed by atoms with E-state index in [0.29, 0.717) is 28.4 Å². The van der Waals surface area contributed by atoms with Crippen molar-refractivity contribution in [3.05, 3.63) is 89.5 Å². The number of para-hydroxylation sites is 3. The number of benzene rings is 3. The normalized spacial score (nSPS) is 10.9. The minimum atomic E-state index is 0.263. The lowest BCUT2D eigenvalue weighted by Crippen LogP contribution is -2.01. The fourth-order valence-electron chi connectivity index (χ4n) is 2.76. The van der Waals surface area contributed by atoms with Crippen molar-refractivity contribution in [3.8, 4) is 17.6 Å². The van der Waals surface area contributed by atoms with Crippen LogP contribution in [-0.2, 0) is 6.61 Å². The van der Waals surface area contributed by atoms with Crippen LogP contribution in [0.1, 0.15) is 16.7 Å². The van der Waals surface area contributed by atoms with E-state index in [1.807, 2.05) is 72.8 Å². The molecule has 3 rings (SSSR count). The lowest BCUT2D eigenvalue weighted by Gasteiger charge is -2.14. The summed E-state index contributed by atoms with van der Waals surface area (Å²) in [6, 6.07) is 22.6. The Bertz CT molecular complexity index is 1080. The molecule has 0 heterocycles. The molecule has 0 bridgehead atoms. The van der Waals surface area contributed by atoms with Gasteiger partial charge in [0.15, 0.2) is 11.5 Å². The Balaban J connectivity index is 1.81. The van der Waals surface area contributed by atoms with Gasteiger partial charge in [-0.1, -0.05) is 42.5 Å². The number of aliphatic imine (C=N–C) groups is 1. The van der Waals surface area contributed by atoms with Crippen LogP contribution in [0.3, 0.4) is 0 Å². The van der Waals surface area contributed by atoms with E-state index in [9.17, 15) is 5.26 Å². The lowest BCUT2D eigenvalue weighted by molar-refractivity contribution is 0.283. The van der Waals surface area contributed by atoms with Gasteiger partial charge in [0, 0.05) is 17.3 Å². The predicted octanol–water partition coefficient (Wildman–Crippen LogP) is 5.14. The monoisotopic (exact) mass is 383 g/mol. The molecule has 3 aromatic rings. The molecule has 0 atom stereocenters. The fraction of sp³-hybridized carbons (Fsp3) is 0.0833. The van der Waals surface area contributed by atoms with Crippen molar-refractivity contribution in [1.82, 2.24) is 0 Å². The first kappa shape index (κ1) is 19.7. The summed E-state index contributed by atoms with van der Waals surface area (Å²) < 4.78 is 11.5. The minimum Gasteiger partial charge on any atom is -0.493 e. The Morgan fingerprint density at radius 1 is 1.03 bits per heavy atom. The Kier molecular flexibility index (Phi) is 6.64. The van der Waals surface area contributed by atoms with Gasteiger partial charge in [-0.25, -0.2) is 0 Å². The fourth-order valence-corrected chi connectivity index (χ4v) is 2.76. The molecule has 0 unspecified atom stereocenters. The average molecular weight is 383 g/mol. The molecule has 2 N–H and O–H groups in total.